The molecular weight excluding hydrogens is 284 g/mol. The highest BCUT2D eigenvalue weighted by atomic mass is 16.5. The first-order valence-electron chi connectivity index (χ1n) is 8.43. The molecule has 23 heavy (non-hydrogen) atoms. The number of ether oxygens (including phenoxy) is 1. The van der Waals surface area contributed by atoms with Crippen LogP contribution in [-0.2, 0) is 0 Å². The molecule has 0 atom stereocenters. The number of anilines is 2. The molecule has 0 aliphatic heterocycles. The van der Waals surface area contributed by atoms with E-state index in [0.29, 0.717) is 17.1 Å². The summed E-state index contributed by atoms with van der Waals surface area (Å²) in [6, 6.07) is 13.0. The smallest absolute Gasteiger partial charge is 0.131 e. The van der Waals surface area contributed by atoms with Crippen molar-refractivity contribution in [2.75, 3.05) is 11.5 Å². The molecule has 0 amide bonds. The summed E-state index contributed by atoms with van der Waals surface area (Å²) in [6.45, 7) is 4.39. The molecule has 0 aromatic heterocycles. The first-order chi connectivity index (χ1) is 11.0. The van der Waals surface area contributed by atoms with E-state index < -0.39 is 0 Å². The third-order valence-corrected chi connectivity index (χ3v) is 4.10. The monoisotopic (exact) mass is 312 g/mol. The summed E-state index contributed by atoms with van der Waals surface area (Å²) in [4.78, 5) is 0. The van der Waals surface area contributed by atoms with Crippen molar-refractivity contribution in [2.45, 2.75) is 46.0 Å². The average molecular weight is 312 g/mol. The Bertz CT molecular complexity index is 581. The molecule has 0 bridgehead atoms. The van der Waals surface area contributed by atoms with Gasteiger partial charge in [0.15, 0.2) is 0 Å². The van der Waals surface area contributed by atoms with Crippen molar-refractivity contribution < 1.29 is 4.74 Å². The van der Waals surface area contributed by atoms with Gasteiger partial charge in [-0.25, -0.2) is 0 Å². The Hall–Kier alpha value is -2.16. The Morgan fingerprint density at radius 3 is 1.87 bits per heavy atom. The summed E-state index contributed by atoms with van der Waals surface area (Å²) in [5.74, 6) is 2.46. The maximum atomic E-state index is 5.68. The first-order valence-corrected chi connectivity index (χ1v) is 8.43. The lowest BCUT2D eigenvalue weighted by Gasteiger charge is -2.15. The van der Waals surface area contributed by atoms with E-state index in [1.54, 1.807) is 18.2 Å². The Morgan fingerprint density at radius 2 is 1.39 bits per heavy atom. The van der Waals surface area contributed by atoms with Crippen molar-refractivity contribution in [1.29, 1.82) is 0 Å². The fourth-order valence-corrected chi connectivity index (χ4v) is 2.75. The third kappa shape index (κ3) is 6.23. The van der Waals surface area contributed by atoms with E-state index in [0.717, 1.165) is 11.7 Å². The van der Waals surface area contributed by atoms with Crippen molar-refractivity contribution in [3.05, 3.63) is 48.0 Å². The summed E-state index contributed by atoms with van der Waals surface area (Å²) < 4.78 is 5.64. The van der Waals surface area contributed by atoms with E-state index in [4.69, 9.17) is 16.2 Å². The molecule has 0 unspecified atom stereocenters. The van der Waals surface area contributed by atoms with Gasteiger partial charge in [0.05, 0.1) is 0 Å². The Morgan fingerprint density at radius 1 is 0.826 bits per heavy atom. The number of rotatable bonds is 2. The summed E-state index contributed by atoms with van der Waals surface area (Å²) >= 11 is 0. The molecular formula is C20H28N2O. The van der Waals surface area contributed by atoms with E-state index in [1.165, 1.54) is 37.7 Å². The van der Waals surface area contributed by atoms with Gasteiger partial charge in [0.1, 0.15) is 11.5 Å². The van der Waals surface area contributed by atoms with Gasteiger partial charge in [-0.05, 0) is 31.0 Å². The van der Waals surface area contributed by atoms with E-state index in [-0.39, 0.29) is 0 Å². The van der Waals surface area contributed by atoms with Crippen molar-refractivity contribution in [1.82, 2.24) is 0 Å². The molecule has 0 radical (unpaired) electrons. The molecule has 1 fully saturated rings. The van der Waals surface area contributed by atoms with E-state index in [9.17, 15) is 0 Å². The minimum absolute atomic E-state index is 0.599. The minimum Gasteiger partial charge on any atom is -0.457 e. The van der Waals surface area contributed by atoms with Crippen LogP contribution in [0.15, 0.2) is 42.5 Å². The van der Waals surface area contributed by atoms with Crippen LogP contribution in [0, 0.1) is 12.8 Å². The van der Waals surface area contributed by atoms with E-state index in [1.807, 2.05) is 31.2 Å². The molecule has 1 aliphatic rings. The van der Waals surface area contributed by atoms with Gasteiger partial charge in [0.2, 0.25) is 0 Å². The average Bonchev–Trinajstić information content (AvgIpc) is 2.50. The van der Waals surface area contributed by atoms with Crippen LogP contribution in [0.3, 0.4) is 0 Å². The van der Waals surface area contributed by atoms with Gasteiger partial charge in [-0.2, -0.15) is 0 Å². The molecule has 0 saturated heterocycles. The number of hydrogen-bond acceptors (Lipinski definition) is 3. The van der Waals surface area contributed by atoms with Crippen LogP contribution in [0.1, 0.15) is 44.6 Å². The van der Waals surface area contributed by atoms with Crippen molar-refractivity contribution >= 4 is 11.4 Å². The first kappa shape index (κ1) is 17.2. The topological polar surface area (TPSA) is 61.3 Å². The molecule has 3 nitrogen and oxygen atoms in total. The molecule has 2 aromatic carbocycles. The Balaban J connectivity index is 0.000000229. The zero-order valence-corrected chi connectivity index (χ0v) is 14.2. The molecule has 124 valence electrons. The quantitative estimate of drug-likeness (QED) is 0.716. The van der Waals surface area contributed by atoms with Crippen LogP contribution >= 0.6 is 0 Å². The summed E-state index contributed by atoms with van der Waals surface area (Å²) in [5, 5.41) is 0. The zero-order chi connectivity index (χ0) is 16.7. The maximum absolute atomic E-state index is 5.68. The fourth-order valence-electron chi connectivity index (χ4n) is 2.75. The highest BCUT2D eigenvalue weighted by Crippen LogP contribution is 2.26. The van der Waals surface area contributed by atoms with Gasteiger partial charge in [-0.15, -0.1) is 0 Å². The summed E-state index contributed by atoms with van der Waals surface area (Å²) in [5.41, 5.74) is 13.7. The zero-order valence-electron chi connectivity index (χ0n) is 14.2. The number of hydrogen-bond donors (Lipinski definition) is 2. The normalized spacial score (nSPS) is 14.7. The summed E-state index contributed by atoms with van der Waals surface area (Å²) in [7, 11) is 0. The lowest BCUT2D eigenvalue weighted by Crippen LogP contribution is -1.99. The van der Waals surface area contributed by atoms with Crippen LogP contribution in [0.5, 0.6) is 11.5 Å². The molecule has 2 aromatic rings. The van der Waals surface area contributed by atoms with Gasteiger partial charge < -0.3 is 16.2 Å². The molecule has 0 spiro atoms. The second-order valence-corrected chi connectivity index (χ2v) is 6.49. The van der Waals surface area contributed by atoms with Crippen LogP contribution in [0.25, 0.3) is 0 Å². The maximum Gasteiger partial charge on any atom is 0.131 e. The number of aryl methyl sites for hydroxylation is 1. The van der Waals surface area contributed by atoms with Crippen molar-refractivity contribution in [2.24, 2.45) is 5.92 Å². The highest BCUT2D eigenvalue weighted by molar-refractivity contribution is 5.57. The van der Waals surface area contributed by atoms with Crippen LogP contribution in [-0.4, -0.2) is 0 Å². The predicted molar refractivity (Wildman–Crippen MR) is 98.8 cm³/mol. The van der Waals surface area contributed by atoms with E-state index in [2.05, 4.69) is 6.92 Å². The predicted octanol–water partition coefficient (Wildman–Crippen LogP) is 5.54. The summed E-state index contributed by atoms with van der Waals surface area (Å²) in [6.07, 6.45) is 7.44. The molecule has 0 heterocycles. The van der Waals surface area contributed by atoms with Crippen LogP contribution in [0.4, 0.5) is 11.4 Å². The SMILES string of the molecule is CC1CCCCC1.Cc1ccc(Oc2cc(N)cc(N)c2)cc1. The Kier molecular flexibility index (Phi) is 6.33. The lowest BCUT2D eigenvalue weighted by molar-refractivity contribution is 0.385. The van der Waals surface area contributed by atoms with Crippen LogP contribution < -0.4 is 16.2 Å². The number of nitrogens with two attached hydrogens (primary N) is 2. The molecule has 3 rings (SSSR count). The highest BCUT2D eigenvalue weighted by Gasteiger charge is 2.06. The number of benzene rings is 2. The molecule has 4 N–H and O–H groups in total. The van der Waals surface area contributed by atoms with Gasteiger partial charge in [0.25, 0.3) is 0 Å². The standard InChI is InChI=1S/C13H14N2O.C7H14/c1-9-2-4-12(5-3-9)16-13-7-10(14)6-11(15)8-13;1-7-5-3-2-4-6-7/h2-8H,14-15H2,1H3;7H,2-6H2,1H3. The molecule has 1 saturated carbocycles. The minimum atomic E-state index is 0.599. The lowest BCUT2D eigenvalue weighted by atomic mass is 9.91. The molecule has 1 aliphatic carbocycles. The number of nitrogen functional groups attached to an aromatic ring is 2. The molecule has 3 heteroatoms. The second-order valence-electron chi connectivity index (χ2n) is 6.49. The van der Waals surface area contributed by atoms with Crippen molar-refractivity contribution in [3.63, 3.8) is 0 Å². The van der Waals surface area contributed by atoms with Crippen LogP contribution in [0.2, 0.25) is 0 Å². The fraction of sp³-hybridized carbons (Fsp3) is 0.400. The Labute approximate surface area is 139 Å². The largest absolute Gasteiger partial charge is 0.457 e. The van der Waals surface area contributed by atoms with Gasteiger partial charge in [0, 0.05) is 23.5 Å². The van der Waals surface area contributed by atoms with E-state index >= 15 is 0 Å². The second kappa shape index (κ2) is 8.47. The van der Waals surface area contributed by atoms with Gasteiger partial charge in [-0.1, -0.05) is 56.7 Å². The van der Waals surface area contributed by atoms with Crippen molar-refractivity contribution in [3.8, 4) is 11.5 Å². The third-order valence-electron chi connectivity index (χ3n) is 4.10. The van der Waals surface area contributed by atoms with Gasteiger partial charge in [-0.3, -0.25) is 0 Å². The van der Waals surface area contributed by atoms with Gasteiger partial charge >= 0.3 is 0 Å².